The maximum atomic E-state index is 11.4. The summed E-state index contributed by atoms with van der Waals surface area (Å²) in [6.07, 6.45) is -0.0381. The third kappa shape index (κ3) is 2.46. The van der Waals surface area contributed by atoms with Crippen molar-refractivity contribution < 1.29 is 14.7 Å². The van der Waals surface area contributed by atoms with E-state index in [1.165, 1.54) is 0 Å². The van der Waals surface area contributed by atoms with E-state index in [1.54, 1.807) is 0 Å². The first-order chi connectivity index (χ1) is 7.25. The number of carbonyl (C=O) groups excluding carboxylic acids is 1. The van der Waals surface area contributed by atoms with Gasteiger partial charge in [0.2, 0.25) is 0 Å². The van der Waals surface area contributed by atoms with Gasteiger partial charge < -0.3 is 15.7 Å². The van der Waals surface area contributed by atoms with Crippen LogP contribution < -0.4 is 10.6 Å². The van der Waals surface area contributed by atoms with E-state index in [9.17, 15) is 9.59 Å². The fraction of sp³-hybridized carbons (Fsp3) is 0.818. The minimum atomic E-state index is -0.886. The number of aliphatic carboxylic acids is 1. The van der Waals surface area contributed by atoms with Crippen LogP contribution in [0.3, 0.4) is 0 Å². The van der Waals surface area contributed by atoms with E-state index in [2.05, 4.69) is 10.6 Å². The van der Waals surface area contributed by atoms with Gasteiger partial charge in [-0.3, -0.25) is 4.79 Å². The molecule has 0 unspecified atom stereocenters. The molecule has 5 heteroatoms. The van der Waals surface area contributed by atoms with Crippen molar-refractivity contribution in [3.05, 3.63) is 0 Å². The second-order valence-electron chi connectivity index (χ2n) is 5.31. The summed E-state index contributed by atoms with van der Waals surface area (Å²) in [6, 6.07) is -0.610. The van der Waals surface area contributed by atoms with Crippen LogP contribution >= 0.6 is 0 Å². The Hall–Kier alpha value is -1.26. The molecule has 0 aromatic heterocycles. The van der Waals surface area contributed by atoms with Crippen molar-refractivity contribution in [2.45, 2.75) is 46.2 Å². The third-order valence-corrected chi connectivity index (χ3v) is 3.34. The lowest BCUT2D eigenvalue weighted by atomic mass is 9.71. The van der Waals surface area contributed by atoms with Crippen LogP contribution in [0.2, 0.25) is 0 Å². The van der Waals surface area contributed by atoms with Crippen LogP contribution in [-0.2, 0) is 4.79 Å². The lowest BCUT2D eigenvalue weighted by Gasteiger charge is -2.47. The number of nitrogens with one attached hydrogen (secondary N) is 2. The zero-order valence-electron chi connectivity index (χ0n) is 10.2. The standard InChI is InChI=1S/C11H20N2O3/c1-6(2)9-11(3,4)7(5-8(14)15)12-10(16)13-9/h6-7,9H,5H2,1-4H3,(H,14,15)(H2,12,13,16)/t7-,9+/m0/s1. The molecular weight excluding hydrogens is 208 g/mol. The molecule has 1 fully saturated rings. The topological polar surface area (TPSA) is 78.4 Å². The highest BCUT2D eigenvalue weighted by molar-refractivity contribution is 5.77. The van der Waals surface area contributed by atoms with Gasteiger partial charge in [0.05, 0.1) is 6.42 Å². The number of amides is 2. The van der Waals surface area contributed by atoms with Gasteiger partial charge in [-0.15, -0.1) is 0 Å². The van der Waals surface area contributed by atoms with Gasteiger partial charge in [0, 0.05) is 17.5 Å². The van der Waals surface area contributed by atoms with Crippen molar-refractivity contribution in [2.24, 2.45) is 11.3 Å². The molecule has 1 aliphatic heterocycles. The highest BCUT2D eigenvalue weighted by Gasteiger charge is 2.44. The molecule has 5 nitrogen and oxygen atoms in total. The van der Waals surface area contributed by atoms with Crippen LogP contribution in [0, 0.1) is 11.3 Å². The summed E-state index contributed by atoms with van der Waals surface area (Å²) in [5.41, 5.74) is -0.277. The highest BCUT2D eigenvalue weighted by Crippen LogP contribution is 2.33. The van der Waals surface area contributed by atoms with Crippen molar-refractivity contribution in [3.8, 4) is 0 Å². The SMILES string of the molecule is CC(C)[C@H]1NC(=O)N[C@@H](CC(=O)O)C1(C)C. The van der Waals surface area contributed by atoms with Crippen LogP contribution in [0.4, 0.5) is 4.79 Å². The Kier molecular flexibility index (Phi) is 3.45. The minimum Gasteiger partial charge on any atom is -0.481 e. The van der Waals surface area contributed by atoms with E-state index in [1.807, 2.05) is 27.7 Å². The second-order valence-corrected chi connectivity index (χ2v) is 5.31. The summed E-state index contributed by atoms with van der Waals surface area (Å²) in [5.74, 6) is -0.611. The molecule has 0 aliphatic carbocycles. The van der Waals surface area contributed by atoms with Crippen LogP contribution in [0.25, 0.3) is 0 Å². The third-order valence-electron chi connectivity index (χ3n) is 3.34. The molecule has 0 bridgehead atoms. The lowest BCUT2D eigenvalue weighted by molar-refractivity contribution is -0.138. The Bertz CT molecular complexity index is 298. The van der Waals surface area contributed by atoms with Crippen molar-refractivity contribution in [1.82, 2.24) is 10.6 Å². The molecule has 16 heavy (non-hydrogen) atoms. The summed E-state index contributed by atoms with van der Waals surface area (Å²) in [4.78, 5) is 22.2. The quantitative estimate of drug-likeness (QED) is 0.679. The van der Waals surface area contributed by atoms with E-state index in [0.29, 0.717) is 0 Å². The maximum absolute atomic E-state index is 11.4. The molecule has 0 aromatic rings. The minimum absolute atomic E-state index is 0.00870. The van der Waals surface area contributed by atoms with Gasteiger partial charge in [-0.1, -0.05) is 27.7 Å². The molecule has 2 atom stereocenters. The fourth-order valence-corrected chi connectivity index (χ4v) is 2.44. The molecule has 0 spiro atoms. The van der Waals surface area contributed by atoms with Gasteiger partial charge in [0.15, 0.2) is 0 Å². The first-order valence-corrected chi connectivity index (χ1v) is 5.54. The number of hydrogen-bond acceptors (Lipinski definition) is 2. The number of rotatable bonds is 3. The van der Waals surface area contributed by atoms with Gasteiger partial charge in [0.1, 0.15) is 0 Å². The van der Waals surface area contributed by atoms with Crippen molar-refractivity contribution in [3.63, 3.8) is 0 Å². The zero-order valence-corrected chi connectivity index (χ0v) is 10.2. The Balaban J connectivity index is 2.91. The first-order valence-electron chi connectivity index (χ1n) is 5.54. The number of carbonyl (C=O) groups is 2. The van der Waals surface area contributed by atoms with Crippen molar-refractivity contribution in [2.75, 3.05) is 0 Å². The average Bonchev–Trinajstić information content (AvgIpc) is 2.09. The molecule has 1 aliphatic rings. The number of urea groups is 1. The van der Waals surface area contributed by atoms with Gasteiger partial charge in [-0.05, 0) is 5.92 Å². The molecule has 1 heterocycles. The summed E-state index contributed by atoms with van der Waals surface area (Å²) in [6.45, 7) is 8.01. The second kappa shape index (κ2) is 4.31. The molecule has 92 valence electrons. The van der Waals surface area contributed by atoms with E-state index in [-0.39, 0.29) is 35.9 Å². The summed E-state index contributed by atoms with van der Waals surface area (Å²) in [7, 11) is 0. The van der Waals surface area contributed by atoms with Crippen LogP contribution in [0.5, 0.6) is 0 Å². The first kappa shape index (κ1) is 12.8. The van der Waals surface area contributed by atoms with Crippen LogP contribution in [0.15, 0.2) is 0 Å². The molecular formula is C11H20N2O3. The smallest absolute Gasteiger partial charge is 0.315 e. The molecule has 0 saturated carbocycles. The summed E-state index contributed by atoms with van der Waals surface area (Å²) >= 11 is 0. The van der Waals surface area contributed by atoms with E-state index in [4.69, 9.17) is 5.11 Å². The number of hydrogen-bond donors (Lipinski definition) is 3. The lowest BCUT2D eigenvalue weighted by Crippen LogP contribution is -2.66. The molecule has 0 aromatic carbocycles. The Morgan fingerprint density at radius 2 is 2.00 bits per heavy atom. The Labute approximate surface area is 95.6 Å². The molecule has 0 radical (unpaired) electrons. The fourth-order valence-electron chi connectivity index (χ4n) is 2.44. The monoisotopic (exact) mass is 228 g/mol. The van der Waals surface area contributed by atoms with Gasteiger partial charge in [-0.2, -0.15) is 0 Å². The predicted octanol–water partition coefficient (Wildman–Crippen LogP) is 1.19. The maximum Gasteiger partial charge on any atom is 0.315 e. The summed E-state index contributed by atoms with van der Waals surface area (Å²) < 4.78 is 0. The van der Waals surface area contributed by atoms with Gasteiger partial charge in [0.25, 0.3) is 0 Å². The van der Waals surface area contributed by atoms with E-state index < -0.39 is 5.97 Å². The Morgan fingerprint density at radius 3 is 2.44 bits per heavy atom. The highest BCUT2D eigenvalue weighted by atomic mass is 16.4. The van der Waals surface area contributed by atoms with Gasteiger partial charge >= 0.3 is 12.0 Å². The molecule has 1 saturated heterocycles. The van der Waals surface area contributed by atoms with E-state index in [0.717, 1.165) is 0 Å². The molecule has 1 rings (SSSR count). The number of carboxylic acid groups (broad SMARTS) is 1. The van der Waals surface area contributed by atoms with Crippen molar-refractivity contribution in [1.29, 1.82) is 0 Å². The normalized spacial score (nSPS) is 28.4. The van der Waals surface area contributed by atoms with E-state index >= 15 is 0 Å². The molecule has 2 amide bonds. The Morgan fingerprint density at radius 1 is 1.44 bits per heavy atom. The predicted molar refractivity (Wildman–Crippen MR) is 60.1 cm³/mol. The van der Waals surface area contributed by atoms with Crippen LogP contribution in [-0.4, -0.2) is 29.2 Å². The average molecular weight is 228 g/mol. The largest absolute Gasteiger partial charge is 0.481 e. The van der Waals surface area contributed by atoms with Gasteiger partial charge in [-0.25, -0.2) is 4.79 Å². The summed E-state index contributed by atoms with van der Waals surface area (Å²) in [5, 5.41) is 14.4. The number of carboxylic acids is 1. The van der Waals surface area contributed by atoms with Crippen LogP contribution in [0.1, 0.15) is 34.1 Å². The van der Waals surface area contributed by atoms with Crippen molar-refractivity contribution >= 4 is 12.0 Å². The zero-order chi connectivity index (χ0) is 12.5. The molecule has 3 N–H and O–H groups in total.